The summed E-state index contributed by atoms with van der Waals surface area (Å²) in [5, 5.41) is 0. The highest BCUT2D eigenvalue weighted by atomic mass is 16.7. The van der Waals surface area contributed by atoms with E-state index in [1.165, 1.54) is 12.2 Å². The van der Waals surface area contributed by atoms with E-state index in [0.717, 1.165) is 11.1 Å². The van der Waals surface area contributed by atoms with Gasteiger partial charge in [0.2, 0.25) is 6.79 Å². The van der Waals surface area contributed by atoms with Gasteiger partial charge in [0.05, 0.1) is 0 Å². The number of carbonyl (C=O) groups is 2. The number of esters is 2. The van der Waals surface area contributed by atoms with Crippen molar-refractivity contribution in [3.8, 4) is 0 Å². The lowest BCUT2D eigenvalue weighted by Gasteiger charge is -2.01. The van der Waals surface area contributed by atoms with Crippen LogP contribution in [-0.2, 0) is 19.1 Å². The summed E-state index contributed by atoms with van der Waals surface area (Å²) in [6.07, 6.45) is 5.81. The third kappa shape index (κ3) is 6.44. The molecule has 0 aromatic heterocycles. The van der Waals surface area contributed by atoms with Gasteiger partial charge in [-0.1, -0.05) is 60.7 Å². The van der Waals surface area contributed by atoms with Gasteiger partial charge in [0.15, 0.2) is 0 Å². The molecule has 4 heteroatoms. The zero-order chi connectivity index (χ0) is 16.3. The van der Waals surface area contributed by atoms with Crippen molar-refractivity contribution in [3.05, 3.63) is 83.9 Å². The van der Waals surface area contributed by atoms with E-state index < -0.39 is 18.7 Å². The van der Waals surface area contributed by atoms with Gasteiger partial charge < -0.3 is 9.47 Å². The number of hydrogen-bond donors (Lipinski definition) is 0. The van der Waals surface area contributed by atoms with Crippen molar-refractivity contribution in [1.82, 2.24) is 0 Å². The molecule has 2 aromatic carbocycles. The maximum Gasteiger partial charge on any atom is 0.333 e. The average Bonchev–Trinajstić information content (AvgIpc) is 2.60. The lowest BCUT2D eigenvalue weighted by Crippen LogP contribution is -2.09. The summed E-state index contributed by atoms with van der Waals surface area (Å²) in [4.78, 5) is 22.9. The Balaban J connectivity index is 1.70. The third-order valence-corrected chi connectivity index (χ3v) is 2.83. The van der Waals surface area contributed by atoms with Crippen LogP contribution in [-0.4, -0.2) is 18.7 Å². The van der Waals surface area contributed by atoms with Crippen LogP contribution in [0.4, 0.5) is 0 Å². The second-order valence-electron chi connectivity index (χ2n) is 4.53. The Kier molecular flexibility index (Phi) is 6.35. The molecule has 0 fully saturated rings. The lowest BCUT2D eigenvalue weighted by atomic mass is 10.2. The van der Waals surface area contributed by atoms with Gasteiger partial charge in [0, 0.05) is 12.2 Å². The van der Waals surface area contributed by atoms with Crippen molar-refractivity contribution >= 4 is 24.1 Å². The molecule has 0 aliphatic rings. The third-order valence-electron chi connectivity index (χ3n) is 2.83. The number of hydrogen-bond acceptors (Lipinski definition) is 4. The molecule has 0 amide bonds. The Morgan fingerprint density at radius 2 is 1.09 bits per heavy atom. The normalized spacial score (nSPS) is 10.8. The minimum absolute atomic E-state index is 0.421. The van der Waals surface area contributed by atoms with Crippen molar-refractivity contribution in [2.24, 2.45) is 0 Å². The molecular formula is C19H16O4. The number of carbonyl (C=O) groups excluding carboxylic acids is 2. The first-order chi connectivity index (χ1) is 11.2. The molecule has 0 aliphatic heterocycles. The van der Waals surface area contributed by atoms with Gasteiger partial charge in [-0.05, 0) is 23.3 Å². The van der Waals surface area contributed by atoms with E-state index >= 15 is 0 Å². The van der Waals surface area contributed by atoms with Crippen molar-refractivity contribution < 1.29 is 19.1 Å². The number of ether oxygens (including phenoxy) is 2. The summed E-state index contributed by atoms with van der Waals surface area (Å²) < 4.78 is 9.57. The minimum atomic E-state index is -0.575. The van der Waals surface area contributed by atoms with Crippen LogP contribution in [0.5, 0.6) is 0 Å². The number of rotatable bonds is 6. The Morgan fingerprint density at radius 3 is 1.48 bits per heavy atom. The van der Waals surface area contributed by atoms with Crippen LogP contribution in [0.3, 0.4) is 0 Å². The molecule has 23 heavy (non-hydrogen) atoms. The van der Waals surface area contributed by atoms with Gasteiger partial charge in [-0.15, -0.1) is 0 Å². The van der Waals surface area contributed by atoms with Crippen LogP contribution >= 0.6 is 0 Å². The van der Waals surface area contributed by atoms with E-state index in [4.69, 9.17) is 9.47 Å². The molecule has 2 aromatic rings. The highest BCUT2D eigenvalue weighted by molar-refractivity contribution is 5.88. The molecule has 0 bridgehead atoms. The predicted octanol–water partition coefficient (Wildman–Crippen LogP) is 3.46. The predicted molar refractivity (Wildman–Crippen MR) is 88.0 cm³/mol. The van der Waals surface area contributed by atoms with Crippen LogP contribution in [0.15, 0.2) is 72.8 Å². The molecule has 0 unspecified atom stereocenters. The van der Waals surface area contributed by atoms with Crippen LogP contribution in [0.2, 0.25) is 0 Å². The van der Waals surface area contributed by atoms with E-state index in [1.807, 2.05) is 60.7 Å². The first kappa shape index (κ1) is 16.2. The van der Waals surface area contributed by atoms with Gasteiger partial charge in [-0.2, -0.15) is 0 Å². The smallest absolute Gasteiger partial charge is 0.333 e. The van der Waals surface area contributed by atoms with Gasteiger partial charge in [-0.3, -0.25) is 0 Å². The molecule has 0 heterocycles. The molecule has 116 valence electrons. The van der Waals surface area contributed by atoms with Gasteiger partial charge in [0.1, 0.15) is 0 Å². The molecule has 0 atom stereocenters. The first-order valence-corrected chi connectivity index (χ1v) is 7.04. The first-order valence-electron chi connectivity index (χ1n) is 7.04. The average molecular weight is 308 g/mol. The molecule has 0 aliphatic carbocycles. The maximum atomic E-state index is 11.5. The van der Waals surface area contributed by atoms with E-state index in [2.05, 4.69) is 0 Å². The minimum Gasteiger partial charge on any atom is -0.425 e. The van der Waals surface area contributed by atoms with Crippen molar-refractivity contribution in [1.29, 1.82) is 0 Å². The summed E-state index contributed by atoms with van der Waals surface area (Å²) >= 11 is 0. The van der Waals surface area contributed by atoms with Crippen molar-refractivity contribution in [2.45, 2.75) is 0 Å². The van der Waals surface area contributed by atoms with E-state index in [0.29, 0.717) is 0 Å². The maximum absolute atomic E-state index is 11.5. The Morgan fingerprint density at radius 1 is 0.696 bits per heavy atom. The van der Waals surface area contributed by atoms with E-state index in [1.54, 1.807) is 12.2 Å². The van der Waals surface area contributed by atoms with Crippen LogP contribution in [0.25, 0.3) is 12.2 Å². The van der Waals surface area contributed by atoms with Crippen LogP contribution in [0, 0.1) is 0 Å². The molecule has 2 rings (SSSR count). The SMILES string of the molecule is O=C(C=Cc1ccccc1)OCOC(=O)C=Cc1ccccc1. The molecule has 0 N–H and O–H groups in total. The molecule has 0 radical (unpaired) electrons. The van der Waals surface area contributed by atoms with Crippen LogP contribution in [0.1, 0.15) is 11.1 Å². The van der Waals surface area contributed by atoms with Gasteiger partial charge in [0.25, 0.3) is 0 Å². The fourth-order valence-corrected chi connectivity index (χ4v) is 1.70. The highest BCUT2D eigenvalue weighted by Gasteiger charge is 2.00. The highest BCUT2D eigenvalue weighted by Crippen LogP contribution is 2.02. The summed E-state index contributed by atoms with van der Waals surface area (Å²) in [7, 11) is 0. The largest absolute Gasteiger partial charge is 0.425 e. The summed E-state index contributed by atoms with van der Waals surface area (Å²) in [6.45, 7) is -0.421. The topological polar surface area (TPSA) is 52.6 Å². The second kappa shape index (κ2) is 9.00. The molecule has 0 spiro atoms. The summed E-state index contributed by atoms with van der Waals surface area (Å²) in [5.41, 5.74) is 1.76. The van der Waals surface area contributed by atoms with E-state index in [-0.39, 0.29) is 0 Å². The fraction of sp³-hybridized carbons (Fsp3) is 0.0526. The summed E-state index contributed by atoms with van der Waals surface area (Å²) in [5.74, 6) is -1.15. The second-order valence-corrected chi connectivity index (χ2v) is 4.53. The Bertz CT molecular complexity index is 626. The zero-order valence-corrected chi connectivity index (χ0v) is 12.4. The number of benzene rings is 2. The quantitative estimate of drug-likeness (QED) is 0.466. The van der Waals surface area contributed by atoms with Crippen molar-refractivity contribution in [2.75, 3.05) is 6.79 Å². The standard InChI is InChI=1S/C19H16O4/c20-18(13-11-16-7-3-1-4-8-16)22-15-23-19(21)14-12-17-9-5-2-6-10-17/h1-14H,15H2. The van der Waals surface area contributed by atoms with Crippen molar-refractivity contribution in [3.63, 3.8) is 0 Å². The monoisotopic (exact) mass is 308 g/mol. The zero-order valence-electron chi connectivity index (χ0n) is 12.4. The fourth-order valence-electron chi connectivity index (χ4n) is 1.70. The van der Waals surface area contributed by atoms with Gasteiger partial charge >= 0.3 is 11.9 Å². The van der Waals surface area contributed by atoms with E-state index in [9.17, 15) is 9.59 Å². The molecular weight excluding hydrogens is 292 g/mol. The lowest BCUT2D eigenvalue weighted by molar-refractivity contribution is -0.160. The Hall–Kier alpha value is -3.14. The Labute approximate surface area is 134 Å². The van der Waals surface area contributed by atoms with Gasteiger partial charge in [-0.25, -0.2) is 9.59 Å². The molecule has 4 nitrogen and oxygen atoms in total. The molecule has 0 saturated carbocycles. The van der Waals surface area contributed by atoms with Crippen LogP contribution < -0.4 is 0 Å². The molecule has 0 saturated heterocycles. The summed E-state index contributed by atoms with van der Waals surface area (Å²) in [6, 6.07) is 18.7.